The highest BCUT2D eigenvalue weighted by Gasteiger charge is 2.25. The number of amides is 2. The van der Waals surface area contributed by atoms with Crippen LogP contribution in [0.2, 0.25) is 0 Å². The minimum Gasteiger partial charge on any atom is -0.481 e. The number of carbonyl (C=O) groups excluding carboxylic acids is 2. The summed E-state index contributed by atoms with van der Waals surface area (Å²) in [5, 5.41) is 2.85. The fraction of sp³-hybridized carbons (Fsp3) is 0.200. The maximum absolute atomic E-state index is 12.3. The lowest BCUT2D eigenvalue weighted by atomic mass is 10.1. The highest BCUT2D eigenvalue weighted by atomic mass is 16.5. The van der Waals surface area contributed by atoms with Crippen LogP contribution in [0.5, 0.6) is 5.75 Å². The van der Waals surface area contributed by atoms with E-state index in [-0.39, 0.29) is 18.4 Å². The molecule has 2 aromatic carbocycles. The van der Waals surface area contributed by atoms with E-state index in [0.29, 0.717) is 29.2 Å². The molecule has 1 aliphatic rings. The molecule has 0 fully saturated rings. The lowest BCUT2D eigenvalue weighted by Gasteiger charge is -2.29. The number of fused-ring (bicyclic) bond motifs is 1. The van der Waals surface area contributed by atoms with Crippen LogP contribution in [0, 0.1) is 6.92 Å². The van der Waals surface area contributed by atoms with E-state index in [1.165, 1.54) is 0 Å². The quantitative estimate of drug-likeness (QED) is 0.869. The summed E-state index contributed by atoms with van der Waals surface area (Å²) in [6.07, 6.45) is 0. The van der Waals surface area contributed by atoms with Gasteiger partial charge in [0.1, 0.15) is 5.75 Å². The summed E-state index contributed by atoms with van der Waals surface area (Å²) in [4.78, 5) is 26.0. The molecule has 0 atom stereocenters. The van der Waals surface area contributed by atoms with Crippen LogP contribution in [0.4, 0.5) is 11.4 Å². The van der Waals surface area contributed by atoms with Crippen LogP contribution in [-0.4, -0.2) is 25.0 Å². The lowest BCUT2D eigenvalue weighted by molar-refractivity contribution is -0.121. The van der Waals surface area contributed by atoms with Gasteiger partial charge in [-0.25, -0.2) is 0 Å². The van der Waals surface area contributed by atoms with Gasteiger partial charge >= 0.3 is 0 Å². The van der Waals surface area contributed by atoms with Crippen LogP contribution in [0.3, 0.4) is 0 Å². The van der Waals surface area contributed by atoms with Crippen molar-refractivity contribution in [3.63, 3.8) is 0 Å². The molecule has 1 heterocycles. The van der Waals surface area contributed by atoms with Gasteiger partial charge in [-0.05, 0) is 38.1 Å². The highest BCUT2D eigenvalue weighted by Crippen LogP contribution is 2.35. The molecule has 1 aliphatic heterocycles. The van der Waals surface area contributed by atoms with E-state index in [2.05, 4.69) is 11.9 Å². The van der Waals surface area contributed by atoms with E-state index in [1.54, 1.807) is 35.2 Å². The first-order valence-corrected chi connectivity index (χ1v) is 8.03. The van der Waals surface area contributed by atoms with Gasteiger partial charge in [0.15, 0.2) is 6.61 Å². The number of hydrogen-bond donors (Lipinski definition) is 1. The van der Waals surface area contributed by atoms with Crippen LogP contribution < -0.4 is 15.0 Å². The van der Waals surface area contributed by atoms with Crippen molar-refractivity contribution >= 4 is 23.2 Å². The standard InChI is InChI=1S/C20H20N2O3/c1-13(2)11-22-17-9-8-16(10-18(17)25-12-19(22)23)21-20(24)15-6-4-14(3)5-7-15/h4-10H,1,11-12H2,2-3H3,(H,21,24). The second-order valence-corrected chi connectivity index (χ2v) is 6.23. The van der Waals surface area contributed by atoms with Gasteiger partial charge in [-0.15, -0.1) is 0 Å². The molecule has 5 heteroatoms. The summed E-state index contributed by atoms with van der Waals surface area (Å²) in [7, 11) is 0. The molecule has 0 aliphatic carbocycles. The molecule has 25 heavy (non-hydrogen) atoms. The first-order valence-electron chi connectivity index (χ1n) is 8.03. The third-order valence-corrected chi connectivity index (χ3v) is 3.90. The molecule has 5 nitrogen and oxygen atoms in total. The Morgan fingerprint density at radius 1 is 1.24 bits per heavy atom. The number of nitrogens with zero attached hydrogens (tertiary/aromatic N) is 1. The van der Waals surface area contributed by atoms with Crippen molar-refractivity contribution in [3.8, 4) is 5.75 Å². The molecule has 0 saturated carbocycles. The Morgan fingerprint density at radius 3 is 2.64 bits per heavy atom. The van der Waals surface area contributed by atoms with E-state index in [0.717, 1.165) is 11.1 Å². The zero-order chi connectivity index (χ0) is 18.0. The molecule has 0 aromatic heterocycles. The van der Waals surface area contributed by atoms with Crippen LogP contribution in [0.25, 0.3) is 0 Å². The molecule has 0 unspecified atom stereocenters. The maximum Gasteiger partial charge on any atom is 0.265 e. The Labute approximate surface area is 146 Å². The van der Waals surface area contributed by atoms with Gasteiger partial charge in [-0.3, -0.25) is 9.59 Å². The van der Waals surface area contributed by atoms with Crippen molar-refractivity contribution in [2.75, 3.05) is 23.4 Å². The van der Waals surface area contributed by atoms with E-state index in [9.17, 15) is 9.59 Å². The monoisotopic (exact) mass is 336 g/mol. The maximum atomic E-state index is 12.3. The van der Waals surface area contributed by atoms with Gasteiger partial charge in [-0.1, -0.05) is 29.8 Å². The molecule has 0 radical (unpaired) electrons. The number of carbonyl (C=O) groups is 2. The smallest absolute Gasteiger partial charge is 0.265 e. The van der Waals surface area contributed by atoms with Crippen molar-refractivity contribution in [2.45, 2.75) is 13.8 Å². The Bertz CT molecular complexity index is 841. The number of ether oxygens (including phenoxy) is 1. The van der Waals surface area contributed by atoms with E-state index in [1.807, 2.05) is 26.0 Å². The average molecular weight is 336 g/mol. The minimum atomic E-state index is -0.189. The predicted molar refractivity (Wildman–Crippen MR) is 98.2 cm³/mol. The van der Waals surface area contributed by atoms with E-state index < -0.39 is 0 Å². The van der Waals surface area contributed by atoms with Crippen molar-refractivity contribution in [1.29, 1.82) is 0 Å². The van der Waals surface area contributed by atoms with Gasteiger partial charge in [0.25, 0.3) is 11.8 Å². The molecule has 0 saturated heterocycles. The highest BCUT2D eigenvalue weighted by molar-refractivity contribution is 6.05. The molecule has 2 amide bonds. The number of anilines is 2. The zero-order valence-electron chi connectivity index (χ0n) is 14.3. The lowest BCUT2D eigenvalue weighted by Crippen LogP contribution is -2.39. The number of hydrogen-bond acceptors (Lipinski definition) is 3. The number of benzene rings is 2. The molecule has 1 N–H and O–H groups in total. The molecule has 0 spiro atoms. The minimum absolute atomic E-state index is 0.0182. The molecule has 128 valence electrons. The largest absolute Gasteiger partial charge is 0.481 e. The van der Waals surface area contributed by atoms with Crippen LogP contribution in [0.15, 0.2) is 54.6 Å². The first kappa shape index (κ1) is 16.8. The molecule has 3 rings (SSSR count). The second kappa shape index (κ2) is 6.81. The second-order valence-electron chi connectivity index (χ2n) is 6.23. The Balaban J connectivity index is 1.81. The summed E-state index contributed by atoms with van der Waals surface area (Å²) in [6.45, 7) is 8.14. The fourth-order valence-electron chi connectivity index (χ4n) is 2.63. The molecular weight excluding hydrogens is 316 g/mol. The number of rotatable bonds is 4. The Hall–Kier alpha value is -3.08. The van der Waals surface area contributed by atoms with Gasteiger partial charge in [0, 0.05) is 23.9 Å². The summed E-state index contributed by atoms with van der Waals surface area (Å²) < 4.78 is 5.52. The summed E-state index contributed by atoms with van der Waals surface area (Å²) in [5.41, 5.74) is 3.88. The number of aryl methyl sites for hydroxylation is 1. The van der Waals surface area contributed by atoms with Gasteiger partial charge < -0.3 is 15.0 Å². The van der Waals surface area contributed by atoms with Crippen LogP contribution >= 0.6 is 0 Å². The van der Waals surface area contributed by atoms with Crippen molar-refractivity contribution in [2.24, 2.45) is 0 Å². The Morgan fingerprint density at radius 2 is 1.96 bits per heavy atom. The van der Waals surface area contributed by atoms with Crippen LogP contribution in [-0.2, 0) is 4.79 Å². The van der Waals surface area contributed by atoms with Gasteiger partial charge in [-0.2, -0.15) is 0 Å². The fourth-order valence-corrected chi connectivity index (χ4v) is 2.63. The van der Waals surface area contributed by atoms with E-state index >= 15 is 0 Å². The normalized spacial score (nSPS) is 13.0. The molecule has 2 aromatic rings. The average Bonchev–Trinajstić information content (AvgIpc) is 2.57. The van der Waals surface area contributed by atoms with Gasteiger partial charge in [0.05, 0.1) is 5.69 Å². The number of nitrogens with one attached hydrogen (secondary N) is 1. The van der Waals surface area contributed by atoms with Crippen molar-refractivity contribution < 1.29 is 14.3 Å². The zero-order valence-corrected chi connectivity index (χ0v) is 14.3. The van der Waals surface area contributed by atoms with Crippen molar-refractivity contribution in [3.05, 3.63) is 65.7 Å². The van der Waals surface area contributed by atoms with Crippen LogP contribution in [0.1, 0.15) is 22.8 Å². The summed E-state index contributed by atoms with van der Waals surface area (Å²) in [5.74, 6) is 0.278. The third kappa shape index (κ3) is 3.71. The predicted octanol–water partition coefficient (Wildman–Crippen LogP) is 3.55. The third-order valence-electron chi connectivity index (χ3n) is 3.90. The molecular formula is C20H20N2O3. The summed E-state index contributed by atoms with van der Waals surface area (Å²) in [6, 6.07) is 12.6. The first-order chi connectivity index (χ1) is 11.9. The van der Waals surface area contributed by atoms with E-state index in [4.69, 9.17) is 4.74 Å². The topological polar surface area (TPSA) is 58.6 Å². The molecule has 0 bridgehead atoms. The van der Waals surface area contributed by atoms with Crippen molar-refractivity contribution in [1.82, 2.24) is 0 Å². The SMILES string of the molecule is C=C(C)CN1C(=O)COc2cc(NC(=O)c3ccc(C)cc3)ccc21. The van der Waals surface area contributed by atoms with Gasteiger partial charge in [0.2, 0.25) is 0 Å². The summed E-state index contributed by atoms with van der Waals surface area (Å²) >= 11 is 0. The Kier molecular flexibility index (Phi) is 4.57.